The summed E-state index contributed by atoms with van der Waals surface area (Å²) in [6, 6.07) is 14.4. The van der Waals surface area contributed by atoms with Crippen molar-refractivity contribution in [2.24, 2.45) is 0 Å². The molecular formula is C15H19NO. The van der Waals surface area contributed by atoms with Crippen LogP contribution in [-0.2, 0) is 11.3 Å². The van der Waals surface area contributed by atoms with Crippen molar-refractivity contribution >= 4 is 16.7 Å². The molecular weight excluding hydrogens is 210 g/mol. The Balaban J connectivity index is 0.000000686. The van der Waals surface area contributed by atoms with E-state index in [1.54, 1.807) is 0 Å². The van der Waals surface area contributed by atoms with Crippen LogP contribution in [0, 0.1) is 0 Å². The minimum Gasteiger partial charge on any atom is -0.352 e. The van der Waals surface area contributed by atoms with E-state index in [2.05, 4.69) is 29.6 Å². The first-order valence-corrected chi connectivity index (χ1v) is 5.98. The summed E-state index contributed by atoms with van der Waals surface area (Å²) in [6.07, 6.45) is 0. The summed E-state index contributed by atoms with van der Waals surface area (Å²) in [7, 11) is 0. The van der Waals surface area contributed by atoms with Crippen LogP contribution in [0.5, 0.6) is 0 Å². The van der Waals surface area contributed by atoms with Crippen molar-refractivity contribution in [3.63, 3.8) is 0 Å². The molecule has 0 unspecified atom stereocenters. The first-order valence-electron chi connectivity index (χ1n) is 5.98. The van der Waals surface area contributed by atoms with Gasteiger partial charge in [0.1, 0.15) is 0 Å². The van der Waals surface area contributed by atoms with E-state index in [0.29, 0.717) is 6.54 Å². The number of nitrogens with one attached hydrogen (secondary N) is 1. The number of hydrogen-bond acceptors (Lipinski definition) is 1. The van der Waals surface area contributed by atoms with E-state index in [1.807, 2.05) is 32.0 Å². The average Bonchev–Trinajstić information content (AvgIpc) is 2.38. The van der Waals surface area contributed by atoms with Gasteiger partial charge in [0.2, 0.25) is 5.91 Å². The zero-order valence-electron chi connectivity index (χ0n) is 10.7. The molecule has 90 valence electrons. The fraction of sp³-hybridized carbons (Fsp3) is 0.267. The second kappa shape index (κ2) is 6.69. The molecule has 0 radical (unpaired) electrons. The summed E-state index contributed by atoms with van der Waals surface area (Å²) in [5.41, 5.74) is 1.13. The molecule has 0 aromatic heterocycles. The molecule has 2 aromatic rings. The van der Waals surface area contributed by atoms with Crippen LogP contribution >= 0.6 is 0 Å². The quantitative estimate of drug-likeness (QED) is 0.839. The summed E-state index contributed by atoms with van der Waals surface area (Å²) in [5.74, 6) is 0.00292. The van der Waals surface area contributed by atoms with Gasteiger partial charge in [-0.25, -0.2) is 0 Å². The number of hydrogen-bond donors (Lipinski definition) is 1. The van der Waals surface area contributed by atoms with Crippen LogP contribution in [0.15, 0.2) is 42.5 Å². The Morgan fingerprint density at radius 2 is 1.71 bits per heavy atom. The Morgan fingerprint density at radius 1 is 1.06 bits per heavy atom. The predicted molar refractivity (Wildman–Crippen MR) is 72.8 cm³/mol. The van der Waals surface area contributed by atoms with Crippen molar-refractivity contribution in [2.45, 2.75) is 27.3 Å². The molecule has 2 rings (SSSR count). The first kappa shape index (κ1) is 13.2. The van der Waals surface area contributed by atoms with Gasteiger partial charge in [-0.05, 0) is 22.4 Å². The molecule has 2 nitrogen and oxygen atoms in total. The van der Waals surface area contributed by atoms with Crippen LogP contribution in [0.4, 0.5) is 0 Å². The van der Waals surface area contributed by atoms with Gasteiger partial charge in [0.25, 0.3) is 0 Å². The highest BCUT2D eigenvalue weighted by Gasteiger charge is 1.96. The molecule has 2 aromatic carbocycles. The van der Waals surface area contributed by atoms with Gasteiger partial charge in [-0.2, -0.15) is 0 Å². The van der Waals surface area contributed by atoms with Gasteiger partial charge in [-0.15, -0.1) is 0 Å². The van der Waals surface area contributed by atoms with Gasteiger partial charge in [0.05, 0.1) is 0 Å². The second-order valence-electron chi connectivity index (χ2n) is 3.59. The minimum absolute atomic E-state index is 0.00292. The molecule has 2 heteroatoms. The van der Waals surface area contributed by atoms with Crippen molar-refractivity contribution in [3.05, 3.63) is 48.0 Å². The molecule has 17 heavy (non-hydrogen) atoms. The predicted octanol–water partition coefficient (Wildman–Crippen LogP) is 3.50. The van der Waals surface area contributed by atoms with E-state index in [-0.39, 0.29) is 5.91 Å². The molecule has 0 heterocycles. The normalized spacial score (nSPS) is 9.35. The van der Waals surface area contributed by atoms with Gasteiger partial charge in [-0.1, -0.05) is 50.2 Å². The summed E-state index contributed by atoms with van der Waals surface area (Å²) < 4.78 is 0. The third kappa shape index (κ3) is 3.91. The number of fused-ring (bicyclic) bond motifs is 1. The number of benzene rings is 2. The lowest BCUT2D eigenvalue weighted by Gasteiger charge is -2.04. The van der Waals surface area contributed by atoms with E-state index in [4.69, 9.17) is 0 Å². The summed E-state index contributed by atoms with van der Waals surface area (Å²) in [4.78, 5) is 10.8. The number of carbonyl (C=O) groups excluding carboxylic acids is 1. The van der Waals surface area contributed by atoms with E-state index in [0.717, 1.165) is 5.56 Å². The molecule has 0 spiro atoms. The van der Waals surface area contributed by atoms with Gasteiger partial charge in [-0.3, -0.25) is 4.79 Å². The van der Waals surface area contributed by atoms with E-state index in [9.17, 15) is 4.79 Å². The van der Waals surface area contributed by atoms with E-state index >= 15 is 0 Å². The SMILES string of the molecule is CC.CC(=O)NCc1ccc2ccccc2c1. The number of carbonyl (C=O) groups is 1. The summed E-state index contributed by atoms with van der Waals surface area (Å²) in [5, 5.41) is 5.22. The second-order valence-corrected chi connectivity index (χ2v) is 3.59. The molecule has 0 bridgehead atoms. The smallest absolute Gasteiger partial charge is 0.217 e. The molecule has 0 aliphatic carbocycles. The van der Waals surface area contributed by atoms with Crippen molar-refractivity contribution in [3.8, 4) is 0 Å². The molecule has 0 saturated carbocycles. The van der Waals surface area contributed by atoms with Crippen LogP contribution in [0.1, 0.15) is 26.3 Å². The zero-order chi connectivity index (χ0) is 12.7. The lowest BCUT2D eigenvalue weighted by molar-refractivity contribution is -0.119. The van der Waals surface area contributed by atoms with Crippen LogP contribution in [0.25, 0.3) is 10.8 Å². The zero-order valence-corrected chi connectivity index (χ0v) is 10.7. The standard InChI is InChI=1S/C13H13NO.C2H6/c1-10(15)14-9-11-6-7-12-4-2-3-5-13(12)8-11;1-2/h2-8H,9H2,1H3,(H,14,15);1-2H3. The lowest BCUT2D eigenvalue weighted by atomic mass is 10.1. The fourth-order valence-corrected chi connectivity index (χ4v) is 1.58. The highest BCUT2D eigenvalue weighted by molar-refractivity contribution is 5.83. The largest absolute Gasteiger partial charge is 0.352 e. The highest BCUT2D eigenvalue weighted by atomic mass is 16.1. The Bertz CT molecular complexity index is 491. The van der Waals surface area contributed by atoms with Crippen LogP contribution < -0.4 is 5.32 Å². The van der Waals surface area contributed by atoms with Crippen molar-refractivity contribution < 1.29 is 4.79 Å². The molecule has 0 atom stereocenters. The van der Waals surface area contributed by atoms with Gasteiger partial charge >= 0.3 is 0 Å². The molecule has 0 aliphatic rings. The molecule has 0 fully saturated rings. The molecule has 0 aliphatic heterocycles. The summed E-state index contributed by atoms with van der Waals surface area (Å²) in [6.45, 7) is 6.13. The summed E-state index contributed by atoms with van der Waals surface area (Å²) >= 11 is 0. The third-order valence-electron chi connectivity index (χ3n) is 2.36. The highest BCUT2D eigenvalue weighted by Crippen LogP contribution is 2.15. The monoisotopic (exact) mass is 229 g/mol. The average molecular weight is 229 g/mol. The Hall–Kier alpha value is -1.83. The van der Waals surface area contributed by atoms with Crippen molar-refractivity contribution in [1.29, 1.82) is 0 Å². The third-order valence-corrected chi connectivity index (χ3v) is 2.36. The maximum absolute atomic E-state index is 10.8. The Kier molecular flexibility index (Phi) is 5.21. The van der Waals surface area contributed by atoms with Gasteiger partial charge in [0.15, 0.2) is 0 Å². The van der Waals surface area contributed by atoms with Crippen LogP contribution in [0.3, 0.4) is 0 Å². The number of amides is 1. The van der Waals surface area contributed by atoms with Gasteiger partial charge < -0.3 is 5.32 Å². The fourth-order valence-electron chi connectivity index (χ4n) is 1.58. The first-order chi connectivity index (χ1) is 8.25. The Morgan fingerprint density at radius 3 is 2.35 bits per heavy atom. The number of rotatable bonds is 2. The van der Waals surface area contributed by atoms with Crippen molar-refractivity contribution in [2.75, 3.05) is 0 Å². The van der Waals surface area contributed by atoms with Crippen LogP contribution in [-0.4, -0.2) is 5.91 Å². The van der Waals surface area contributed by atoms with E-state index in [1.165, 1.54) is 17.7 Å². The molecule has 0 saturated heterocycles. The topological polar surface area (TPSA) is 29.1 Å². The maximum atomic E-state index is 10.8. The van der Waals surface area contributed by atoms with Crippen LogP contribution in [0.2, 0.25) is 0 Å². The Labute approximate surface area is 103 Å². The molecule has 1 N–H and O–H groups in total. The molecule has 1 amide bonds. The van der Waals surface area contributed by atoms with Crippen molar-refractivity contribution in [1.82, 2.24) is 5.32 Å². The van der Waals surface area contributed by atoms with Gasteiger partial charge in [0, 0.05) is 13.5 Å². The lowest BCUT2D eigenvalue weighted by Crippen LogP contribution is -2.18. The minimum atomic E-state index is 0.00292. The van der Waals surface area contributed by atoms with E-state index < -0.39 is 0 Å². The maximum Gasteiger partial charge on any atom is 0.217 e.